The van der Waals surface area contributed by atoms with E-state index in [9.17, 15) is 4.79 Å². The molecule has 0 fully saturated rings. The summed E-state index contributed by atoms with van der Waals surface area (Å²) in [6.07, 6.45) is 0.405. The Morgan fingerprint density at radius 1 is 1.41 bits per heavy atom. The highest BCUT2D eigenvalue weighted by Crippen LogP contribution is 2.21. The molecule has 5 nitrogen and oxygen atoms in total. The molecule has 22 heavy (non-hydrogen) atoms. The molecule has 2 N–H and O–H groups in total. The van der Waals surface area contributed by atoms with Crippen molar-refractivity contribution < 1.29 is 14.3 Å². The molecule has 1 heterocycles. The van der Waals surface area contributed by atoms with Gasteiger partial charge in [-0.05, 0) is 32.0 Å². The number of carbonyl (C=O) groups is 1. The fourth-order valence-corrected chi connectivity index (χ4v) is 2.19. The van der Waals surface area contributed by atoms with E-state index in [1.165, 1.54) is 0 Å². The lowest BCUT2D eigenvalue weighted by Crippen LogP contribution is -2.00. The lowest BCUT2D eigenvalue weighted by Gasteiger charge is -2.04. The Morgan fingerprint density at radius 2 is 2.14 bits per heavy atom. The number of nitrogens with one attached hydrogen (secondary N) is 1. The summed E-state index contributed by atoms with van der Waals surface area (Å²) in [5.41, 5.74) is 5.22. The molecule has 0 atom stereocenters. The zero-order valence-corrected chi connectivity index (χ0v) is 13.1. The summed E-state index contributed by atoms with van der Waals surface area (Å²) in [6, 6.07) is 9.15. The minimum Gasteiger partial charge on any atom is -0.481 e. The number of hydrogen-bond donors (Lipinski definition) is 2. The largest absolute Gasteiger partial charge is 0.481 e. The van der Waals surface area contributed by atoms with E-state index in [0.717, 1.165) is 17.0 Å². The maximum absolute atomic E-state index is 10.6. The summed E-state index contributed by atoms with van der Waals surface area (Å²) in [6.45, 7) is 3.68. The first-order chi connectivity index (χ1) is 10.5. The van der Waals surface area contributed by atoms with Gasteiger partial charge in [-0.2, -0.15) is 5.10 Å². The number of benzene rings is 1. The number of aliphatic carboxylic acids is 1. The third-order valence-corrected chi connectivity index (χ3v) is 3.49. The Bertz CT molecular complexity index is 707. The summed E-state index contributed by atoms with van der Waals surface area (Å²) >= 11 is 6.05. The molecule has 0 saturated heterocycles. The standard InChI is InChI=1S/C16H17ClN2O3/c1-10(18-19-15-6-4-3-5-14(15)17)13-9-12(22-11(13)2)7-8-16(20)21/h3-6,9,19H,7-8H2,1-2H3,(H,20,21)/b18-10-. The van der Waals surface area contributed by atoms with E-state index in [2.05, 4.69) is 10.5 Å². The topological polar surface area (TPSA) is 74.8 Å². The van der Waals surface area contributed by atoms with Gasteiger partial charge in [0.05, 0.1) is 22.8 Å². The quantitative estimate of drug-likeness (QED) is 0.621. The van der Waals surface area contributed by atoms with Crippen molar-refractivity contribution in [3.05, 3.63) is 52.4 Å². The number of carboxylic acid groups (broad SMARTS) is 1. The monoisotopic (exact) mass is 320 g/mol. The minimum atomic E-state index is -0.846. The molecule has 0 aliphatic rings. The number of rotatable bonds is 6. The summed E-state index contributed by atoms with van der Waals surface area (Å²) in [4.78, 5) is 10.6. The molecule has 0 aliphatic heterocycles. The SMILES string of the molecule is C/C(=N/Nc1ccccc1Cl)c1cc(CCC(=O)O)oc1C. The number of aryl methyl sites for hydroxylation is 2. The molecule has 2 aromatic rings. The first kappa shape index (κ1) is 16.1. The molecule has 1 aromatic heterocycles. The number of nitrogens with zero attached hydrogens (tertiary/aromatic N) is 1. The lowest BCUT2D eigenvalue weighted by molar-refractivity contribution is -0.137. The van der Waals surface area contributed by atoms with Crippen LogP contribution >= 0.6 is 11.6 Å². The van der Waals surface area contributed by atoms with Gasteiger partial charge in [0, 0.05) is 12.0 Å². The van der Waals surface area contributed by atoms with Crippen LogP contribution in [0.4, 0.5) is 5.69 Å². The molecule has 0 spiro atoms. The molecule has 116 valence electrons. The van der Waals surface area contributed by atoms with Crippen molar-refractivity contribution in [2.45, 2.75) is 26.7 Å². The van der Waals surface area contributed by atoms with Gasteiger partial charge in [-0.15, -0.1) is 0 Å². The van der Waals surface area contributed by atoms with E-state index in [4.69, 9.17) is 21.1 Å². The average molecular weight is 321 g/mol. The third kappa shape index (κ3) is 4.11. The fraction of sp³-hybridized carbons (Fsp3) is 0.250. The van der Waals surface area contributed by atoms with Crippen LogP contribution in [0, 0.1) is 6.92 Å². The van der Waals surface area contributed by atoms with E-state index in [0.29, 0.717) is 23.0 Å². The van der Waals surface area contributed by atoms with Crippen LogP contribution in [0.1, 0.15) is 30.4 Å². The van der Waals surface area contributed by atoms with Crippen LogP contribution < -0.4 is 5.43 Å². The molecule has 6 heteroatoms. The molecule has 1 aromatic carbocycles. The normalized spacial score (nSPS) is 11.5. The van der Waals surface area contributed by atoms with E-state index in [1.807, 2.05) is 38.1 Å². The molecule has 0 saturated carbocycles. The Hall–Kier alpha value is -2.27. The van der Waals surface area contributed by atoms with Crippen LogP contribution in [0.2, 0.25) is 5.02 Å². The number of para-hydroxylation sites is 1. The predicted molar refractivity (Wildman–Crippen MR) is 86.7 cm³/mol. The van der Waals surface area contributed by atoms with Crippen LogP contribution in [-0.2, 0) is 11.2 Å². The molecule has 0 aliphatic carbocycles. The van der Waals surface area contributed by atoms with Crippen LogP contribution in [0.5, 0.6) is 0 Å². The number of carboxylic acids is 1. The van der Waals surface area contributed by atoms with E-state index < -0.39 is 5.97 Å². The van der Waals surface area contributed by atoms with Crippen molar-refractivity contribution in [3.63, 3.8) is 0 Å². The Labute approximate surface area is 133 Å². The Balaban J connectivity index is 2.11. The molecule has 0 unspecified atom stereocenters. The molecule has 0 radical (unpaired) electrons. The van der Waals surface area contributed by atoms with Crippen molar-refractivity contribution in [3.8, 4) is 0 Å². The predicted octanol–water partition coefficient (Wildman–Crippen LogP) is 4.09. The van der Waals surface area contributed by atoms with Gasteiger partial charge in [-0.1, -0.05) is 23.7 Å². The second-order valence-corrected chi connectivity index (χ2v) is 5.27. The van der Waals surface area contributed by atoms with Crippen LogP contribution in [0.15, 0.2) is 39.9 Å². The van der Waals surface area contributed by atoms with Crippen LogP contribution in [0.25, 0.3) is 0 Å². The number of furan rings is 1. The zero-order chi connectivity index (χ0) is 16.1. The van der Waals surface area contributed by atoms with Gasteiger partial charge in [0.25, 0.3) is 0 Å². The second-order valence-electron chi connectivity index (χ2n) is 4.87. The zero-order valence-electron chi connectivity index (χ0n) is 12.4. The highest BCUT2D eigenvalue weighted by molar-refractivity contribution is 6.33. The smallest absolute Gasteiger partial charge is 0.303 e. The van der Waals surface area contributed by atoms with Crippen molar-refractivity contribution in [1.29, 1.82) is 0 Å². The first-order valence-corrected chi connectivity index (χ1v) is 7.21. The Kier molecular flexibility index (Phi) is 5.22. The number of hydrogen-bond acceptors (Lipinski definition) is 4. The van der Waals surface area contributed by atoms with Crippen molar-refractivity contribution in [1.82, 2.24) is 0 Å². The van der Waals surface area contributed by atoms with E-state index >= 15 is 0 Å². The van der Waals surface area contributed by atoms with Crippen molar-refractivity contribution in [2.24, 2.45) is 5.10 Å². The highest BCUT2D eigenvalue weighted by Gasteiger charge is 2.11. The maximum Gasteiger partial charge on any atom is 0.303 e. The van der Waals surface area contributed by atoms with Crippen LogP contribution in [-0.4, -0.2) is 16.8 Å². The first-order valence-electron chi connectivity index (χ1n) is 6.83. The van der Waals surface area contributed by atoms with Gasteiger partial charge in [-0.25, -0.2) is 0 Å². The number of hydrazone groups is 1. The van der Waals surface area contributed by atoms with Gasteiger partial charge in [0.2, 0.25) is 0 Å². The van der Waals surface area contributed by atoms with Crippen LogP contribution in [0.3, 0.4) is 0 Å². The van der Waals surface area contributed by atoms with Crippen molar-refractivity contribution >= 4 is 29.0 Å². The Morgan fingerprint density at radius 3 is 2.82 bits per heavy atom. The van der Waals surface area contributed by atoms with E-state index in [1.54, 1.807) is 6.07 Å². The molecule has 0 amide bonds. The van der Waals surface area contributed by atoms with Gasteiger partial charge < -0.3 is 9.52 Å². The summed E-state index contributed by atoms with van der Waals surface area (Å²) in [5.74, 6) is 0.506. The summed E-state index contributed by atoms with van der Waals surface area (Å²) < 4.78 is 5.56. The second kappa shape index (κ2) is 7.13. The summed E-state index contributed by atoms with van der Waals surface area (Å²) in [7, 11) is 0. The fourth-order valence-electron chi connectivity index (χ4n) is 2.01. The summed E-state index contributed by atoms with van der Waals surface area (Å²) in [5, 5.41) is 13.6. The van der Waals surface area contributed by atoms with Gasteiger partial charge in [0.15, 0.2) is 0 Å². The molecule has 0 bridgehead atoms. The van der Waals surface area contributed by atoms with Gasteiger partial charge in [0.1, 0.15) is 11.5 Å². The lowest BCUT2D eigenvalue weighted by atomic mass is 10.1. The van der Waals surface area contributed by atoms with Crippen molar-refractivity contribution in [2.75, 3.05) is 5.43 Å². The maximum atomic E-state index is 10.6. The minimum absolute atomic E-state index is 0.0421. The third-order valence-electron chi connectivity index (χ3n) is 3.16. The molecule has 2 rings (SSSR count). The van der Waals surface area contributed by atoms with E-state index in [-0.39, 0.29) is 6.42 Å². The van der Waals surface area contributed by atoms with Gasteiger partial charge in [-0.3, -0.25) is 10.2 Å². The molecular weight excluding hydrogens is 304 g/mol. The number of anilines is 1. The molecular formula is C16H17ClN2O3. The number of halogens is 1. The average Bonchev–Trinajstić information content (AvgIpc) is 2.85. The highest BCUT2D eigenvalue weighted by atomic mass is 35.5. The van der Waals surface area contributed by atoms with Gasteiger partial charge >= 0.3 is 5.97 Å².